The third kappa shape index (κ3) is 3.70. The first-order valence-corrected chi connectivity index (χ1v) is 7.04. The van der Waals surface area contributed by atoms with Crippen molar-refractivity contribution >= 4 is 11.0 Å². The molecule has 2 heterocycles. The lowest BCUT2D eigenvalue weighted by Crippen LogP contribution is -2.21. The second kappa shape index (κ2) is 6.19. The number of fused-ring (bicyclic) bond motifs is 1. The summed E-state index contributed by atoms with van der Waals surface area (Å²) in [6.45, 7) is 0.573. The van der Waals surface area contributed by atoms with Crippen LogP contribution in [-0.4, -0.2) is 38.6 Å². The molecule has 24 heavy (non-hydrogen) atoms. The molecule has 1 aromatic carbocycles. The Morgan fingerprint density at radius 2 is 2.04 bits per heavy atom. The molecule has 0 aliphatic rings. The number of hydrogen-bond acceptors (Lipinski definition) is 5. The Balaban J connectivity index is 1.58. The number of alkyl halides is 3. The summed E-state index contributed by atoms with van der Waals surface area (Å²) in [5, 5.41) is 2.90. The summed E-state index contributed by atoms with van der Waals surface area (Å²) in [5.41, 5.74) is 1.25. The van der Waals surface area contributed by atoms with E-state index in [9.17, 15) is 17.6 Å². The maximum Gasteiger partial charge on any atom is 0.455 e. The summed E-state index contributed by atoms with van der Waals surface area (Å²) in [6, 6.07) is 4.25. The SMILES string of the molecule is CN(CCc1nc2ccc(F)cc2[nH]1)Cc1nc(C(F)(F)F)no1. The van der Waals surface area contributed by atoms with Crippen LogP contribution in [0.3, 0.4) is 0 Å². The molecular formula is C14H13F4N5O. The Morgan fingerprint density at radius 1 is 1.25 bits per heavy atom. The number of likely N-dealkylation sites (N-methyl/N-ethyl adjacent to an activating group) is 1. The maximum absolute atomic E-state index is 13.1. The molecule has 0 saturated carbocycles. The van der Waals surface area contributed by atoms with E-state index in [-0.39, 0.29) is 18.3 Å². The van der Waals surface area contributed by atoms with Crippen molar-refractivity contribution in [3.05, 3.63) is 41.6 Å². The first-order chi connectivity index (χ1) is 11.3. The number of imidazole rings is 1. The van der Waals surface area contributed by atoms with Gasteiger partial charge in [0.05, 0.1) is 17.6 Å². The quantitative estimate of drug-likeness (QED) is 0.722. The van der Waals surface area contributed by atoms with Gasteiger partial charge in [-0.25, -0.2) is 9.37 Å². The minimum Gasteiger partial charge on any atom is -0.342 e. The van der Waals surface area contributed by atoms with Crippen LogP contribution in [-0.2, 0) is 19.1 Å². The van der Waals surface area contributed by atoms with Crippen molar-refractivity contribution in [1.29, 1.82) is 0 Å². The highest BCUT2D eigenvalue weighted by atomic mass is 19.4. The van der Waals surface area contributed by atoms with Crippen LogP contribution in [0, 0.1) is 5.82 Å². The summed E-state index contributed by atoms with van der Waals surface area (Å²) >= 11 is 0. The molecule has 1 N–H and O–H groups in total. The van der Waals surface area contributed by atoms with Gasteiger partial charge < -0.3 is 9.51 Å². The summed E-state index contributed by atoms with van der Waals surface area (Å²) in [4.78, 5) is 12.4. The highest BCUT2D eigenvalue weighted by Gasteiger charge is 2.37. The van der Waals surface area contributed by atoms with E-state index in [1.54, 1.807) is 18.0 Å². The number of hydrogen-bond donors (Lipinski definition) is 1. The lowest BCUT2D eigenvalue weighted by Gasteiger charge is -2.12. The fraction of sp³-hybridized carbons (Fsp3) is 0.357. The molecule has 10 heteroatoms. The first kappa shape index (κ1) is 16.4. The number of aromatic amines is 1. The molecule has 0 bridgehead atoms. The average molecular weight is 343 g/mol. The molecular weight excluding hydrogens is 330 g/mol. The second-order valence-corrected chi connectivity index (χ2v) is 5.34. The Hall–Kier alpha value is -2.49. The summed E-state index contributed by atoms with van der Waals surface area (Å²) < 4.78 is 54.9. The summed E-state index contributed by atoms with van der Waals surface area (Å²) in [6.07, 6.45) is -4.11. The lowest BCUT2D eigenvalue weighted by molar-refractivity contribution is -0.146. The van der Waals surface area contributed by atoms with Gasteiger partial charge in [-0.1, -0.05) is 5.16 Å². The van der Waals surface area contributed by atoms with Gasteiger partial charge in [-0.15, -0.1) is 0 Å². The van der Waals surface area contributed by atoms with Crippen LogP contribution < -0.4 is 0 Å². The van der Waals surface area contributed by atoms with E-state index in [0.29, 0.717) is 29.8 Å². The Kier molecular flexibility index (Phi) is 4.22. The van der Waals surface area contributed by atoms with Gasteiger partial charge in [-0.2, -0.15) is 18.2 Å². The Labute approximate surface area is 133 Å². The van der Waals surface area contributed by atoms with Gasteiger partial charge in [0.25, 0.3) is 5.82 Å². The van der Waals surface area contributed by atoms with Crippen molar-refractivity contribution in [1.82, 2.24) is 25.0 Å². The lowest BCUT2D eigenvalue weighted by atomic mass is 10.3. The number of aromatic nitrogens is 4. The van der Waals surface area contributed by atoms with Crippen LogP contribution in [0.15, 0.2) is 22.7 Å². The van der Waals surface area contributed by atoms with Crippen molar-refractivity contribution in [3.8, 4) is 0 Å². The molecule has 2 aromatic heterocycles. The molecule has 6 nitrogen and oxygen atoms in total. The van der Waals surface area contributed by atoms with E-state index in [4.69, 9.17) is 0 Å². The van der Waals surface area contributed by atoms with Gasteiger partial charge in [-0.05, 0) is 25.2 Å². The number of nitrogens with zero attached hydrogens (tertiary/aromatic N) is 4. The minimum atomic E-state index is -4.62. The standard InChI is InChI=1S/C14H13F4N5O/c1-23(7-12-21-13(22-24-12)14(16,17)18)5-4-11-19-9-3-2-8(15)6-10(9)20-11/h2-3,6H,4-5,7H2,1H3,(H,19,20). The molecule has 0 unspecified atom stereocenters. The van der Waals surface area contributed by atoms with E-state index >= 15 is 0 Å². The van der Waals surface area contributed by atoms with E-state index in [2.05, 4.69) is 24.6 Å². The molecule has 0 fully saturated rings. The van der Waals surface area contributed by atoms with Crippen molar-refractivity contribution in [2.24, 2.45) is 0 Å². The molecule has 3 rings (SSSR count). The zero-order valence-corrected chi connectivity index (χ0v) is 12.6. The molecule has 3 aromatic rings. The number of nitrogens with one attached hydrogen (secondary N) is 1. The van der Waals surface area contributed by atoms with Crippen LogP contribution in [0.4, 0.5) is 17.6 Å². The number of rotatable bonds is 5. The molecule has 0 amide bonds. The molecule has 0 spiro atoms. The van der Waals surface area contributed by atoms with Crippen LogP contribution in [0.5, 0.6) is 0 Å². The molecule has 0 radical (unpaired) electrons. The number of halogens is 4. The topological polar surface area (TPSA) is 70.8 Å². The summed E-state index contributed by atoms with van der Waals surface area (Å²) in [7, 11) is 1.71. The molecule has 128 valence electrons. The predicted molar refractivity (Wildman–Crippen MR) is 75.4 cm³/mol. The third-order valence-corrected chi connectivity index (χ3v) is 3.35. The zero-order chi connectivity index (χ0) is 17.3. The van der Waals surface area contributed by atoms with Crippen molar-refractivity contribution in [2.45, 2.75) is 19.1 Å². The normalized spacial score (nSPS) is 12.4. The summed E-state index contributed by atoms with van der Waals surface area (Å²) in [5.74, 6) is -1.10. The van der Waals surface area contributed by atoms with Crippen LogP contribution in [0.25, 0.3) is 11.0 Å². The van der Waals surface area contributed by atoms with Gasteiger partial charge in [-0.3, -0.25) is 4.90 Å². The van der Waals surface area contributed by atoms with E-state index in [0.717, 1.165) is 0 Å². The second-order valence-electron chi connectivity index (χ2n) is 5.34. The molecule has 0 aliphatic heterocycles. The van der Waals surface area contributed by atoms with Gasteiger partial charge in [0.1, 0.15) is 11.6 Å². The van der Waals surface area contributed by atoms with E-state index in [1.807, 2.05) is 0 Å². The van der Waals surface area contributed by atoms with E-state index in [1.165, 1.54) is 12.1 Å². The van der Waals surface area contributed by atoms with Crippen LogP contribution in [0.1, 0.15) is 17.5 Å². The molecule has 0 aliphatic carbocycles. The maximum atomic E-state index is 13.1. The van der Waals surface area contributed by atoms with E-state index < -0.39 is 12.0 Å². The average Bonchev–Trinajstić information content (AvgIpc) is 3.10. The number of H-pyrrole nitrogens is 1. The van der Waals surface area contributed by atoms with Gasteiger partial charge in [0.15, 0.2) is 0 Å². The third-order valence-electron chi connectivity index (χ3n) is 3.35. The minimum absolute atomic E-state index is 0.0813. The van der Waals surface area contributed by atoms with Crippen molar-refractivity contribution in [2.75, 3.05) is 13.6 Å². The fourth-order valence-electron chi connectivity index (χ4n) is 2.19. The van der Waals surface area contributed by atoms with Crippen LogP contribution >= 0.6 is 0 Å². The highest BCUT2D eigenvalue weighted by molar-refractivity contribution is 5.74. The van der Waals surface area contributed by atoms with Crippen molar-refractivity contribution < 1.29 is 22.1 Å². The predicted octanol–water partition coefficient (Wildman–Crippen LogP) is 2.78. The largest absolute Gasteiger partial charge is 0.455 e. The Bertz CT molecular complexity index is 841. The van der Waals surface area contributed by atoms with Gasteiger partial charge in [0, 0.05) is 13.0 Å². The Morgan fingerprint density at radius 3 is 2.75 bits per heavy atom. The highest BCUT2D eigenvalue weighted by Crippen LogP contribution is 2.26. The first-order valence-electron chi connectivity index (χ1n) is 7.04. The zero-order valence-electron chi connectivity index (χ0n) is 12.6. The smallest absolute Gasteiger partial charge is 0.342 e. The molecule has 0 atom stereocenters. The monoisotopic (exact) mass is 343 g/mol. The number of benzene rings is 1. The van der Waals surface area contributed by atoms with Gasteiger partial charge in [0.2, 0.25) is 5.89 Å². The van der Waals surface area contributed by atoms with Crippen LogP contribution in [0.2, 0.25) is 0 Å². The van der Waals surface area contributed by atoms with Crippen molar-refractivity contribution in [3.63, 3.8) is 0 Å². The van der Waals surface area contributed by atoms with Gasteiger partial charge >= 0.3 is 6.18 Å². The fourth-order valence-corrected chi connectivity index (χ4v) is 2.19. The molecule has 0 saturated heterocycles.